The molecule has 15 heavy (non-hydrogen) atoms. The molecule has 2 rings (SSSR count). The van der Waals surface area contributed by atoms with Gasteiger partial charge in [0.2, 0.25) is 0 Å². The molecule has 0 saturated carbocycles. The van der Waals surface area contributed by atoms with Crippen molar-refractivity contribution in [2.24, 2.45) is 0 Å². The summed E-state index contributed by atoms with van der Waals surface area (Å²) >= 11 is 0. The summed E-state index contributed by atoms with van der Waals surface area (Å²) in [5.41, 5.74) is 0.980. The van der Waals surface area contributed by atoms with Gasteiger partial charge in [0.15, 0.2) is 0 Å². The first-order chi connectivity index (χ1) is 6.93. The van der Waals surface area contributed by atoms with E-state index in [2.05, 4.69) is 17.8 Å². The molecule has 0 bridgehead atoms. The monoisotopic (exact) mass is 234 g/mol. The molecule has 0 aliphatic carbocycles. The summed E-state index contributed by atoms with van der Waals surface area (Å²) < 4.78 is 0. The Morgan fingerprint density at radius 1 is 0.933 bits per heavy atom. The smallest absolute Gasteiger partial charge is 0 e. The van der Waals surface area contributed by atoms with Gasteiger partial charge in [0.1, 0.15) is 0 Å². The fraction of sp³-hybridized carbons (Fsp3) is 0. The van der Waals surface area contributed by atoms with E-state index in [1.54, 1.807) is 0 Å². The molecule has 0 aromatic heterocycles. The first-order valence-corrected chi connectivity index (χ1v) is 4.28. The quantitative estimate of drug-likeness (QED) is 0.373. The topological polar surface area (TPSA) is 0 Å². The molecule has 1 heteroatoms. The Balaban J connectivity index is 0.000000280. The Kier molecular flexibility index (Phi) is 7.93. The number of rotatable bonds is 0. The third-order valence-electron chi connectivity index (χ3n) is 1.50. The Bertz CT molecular complexity index is 399. The van der Waals surface area contributed by atoms with Gasteiger partial charge in [-0.25, -0.2) is 0 Å². The van der Waals surface area contributed by atoms with Crippen LogP contribution in [-0.4, -0.2) is 0 Å². The fourth-order valence-electron chi connectivity index (χ4n) is 0.886. The Morgan fingerprint density at radius 3 is 1.80 bits per heavy atom. The van der Waals surface area contributed by atoms with Crippen molar-refractivity contribution < 1.29 is 17.1 Å². The van der Waals surface area contributed by atoms with Crippen molar-refractivity contribution in [3.05, 3.63) is 60.2 Å². The first kappa shape index (κ1) is 13.3. The standard InChI is InChI=1S/C9H5.C5H5.Fe/c1-2-3-6-9-7-4-5-8-9;1-2-4-5-3-1;/h1,4-5,7-8H;1-5H;/q-1;-5;. The van der Waals surface area contributed by atoms with E-state index >= 15 is 0 Å². The van der Waals surface area contributed by atoms with E-state index in [9.17, 15) is 0 Å². The normalized spacial score (nSPS) is 6.87. The van der Waals surface area contributed by atoms with Crippen LogP contribution in [0, 0.1) is 24.2 Å². The summed E-state index contributed by atoms with van der Waals surface area (Å²) in [5, 5.41) is 0. The number of terminal acetylenes is 1. The third-order valence-corrected chi connectivity index (χ3v) is 1.50. The van der Waals surface area contributed by atoms with Crippen LogP contribution in [0.2, 0.25) is 0 Å². The van der Waals surface area contributed by atoms with Crippen molar-refractivity contribution >= 4 is 0 Å². The molecular formula is C14H10Fe-6. The van der Waals surface area contributed by atoms with Crippen molar-refractivity contribution in [2.75, 3.05) is 0 Å². The maximum absolute atomic E-state index is 4.92. The van der Waals surface area contributed by atoms with Crippen LogP contribution in [0.3, 0.4) is 0 Å². The molecular weight excluding hydrogens is 224 g/mol. The first-order valence-electron chi connectivity index (χ1n) is 4.28. The zero-order valence-corrected chi connectivity index (χ0v) is 9.23. The van der Waals surface area contributed by atoms with Gasteiger partial charge in [0, 0.05) is 17.1 Å². The van der Waals surface area contributed by atoms with Crippen LogP contribution in [0.15, 0.2) is 54.6 Å². The van der Waals surface area contributed by atoms with Crippen LogP contribution in [0.25, 0.3) is 0 Å². The van der Waals surface area contributed by atoms with Crippen LogP contribution < -0.4 is 0 Å². The second-order valence-corrected chi connectivity index (χ2v) is 2.53. The summed E-state index contributed by atoms with van der Waals surface area (Å²) in [6.07, 6.45) is 4.92. The average molecular weight is 234 g/mol. The second-order valence-electron chi connectivity index (χ2n) is 2.53. The molecule has 0 amide bonds. The SMILES string of the molecule is C#CC#C[c-]1cccc1.[Fe].[cH-]1[cH-][cH-][cH-][cH-]1. The van der Waals surface area contributed by atoms with E-state index in [1.807, 2.05) is 54.6 Å². The predicted octanol–water partition coefficient (Wildman–Crippen LogP) is 2.79. The molecule has 80 valence electrons. The summed E-state index contributed by atoms with van der Waals surface area (Å²) in [5.74, 6) is 7.56. The molecule has 0 aliphatic heterocycles. The summed E-state index contributed by atoms with van der Waals surface area (Å²) in [6, 6.07) is 17.7. The predicted molar refractivity (Wildman–Crippen MR) is 59.8 cm³/mol. The van der Waals surface area contributed by atoms with Gasteiger partial charge < -0.3 is 30.3 Å². The van der Waals surface area contributed by atoms with Gasteiger partial charge >= 0.3 is 0 Å². The summed E-state index contributed by atoms with van der Waals surface area (Å²) in [6.45, 7) is 0. The van der Waals surface area contributed by atoms with Gasteiger partial charge in [-0.05, 0) is 0 Å². The van der Waals surface area contributed by atoms with E-state index in [4.69, 9.17) is 6.42 Å². The van der Waals surface area contributed by atoms with Gasteiger partial charge in [-0.3, -0.25) is 0 Å². The van der Waals surface area contributed by atoms with Crippen LogP contribution in [-0.2, 0) is 17.1 Å². The van der Waals surface area contributed by atoms with E-state index in [1.165, 1.54) is 0 Å². The molecule has 0 unspecified atom stereocenters. The van der Waals surface area contributed by atoms with E-state index in [0.29, 0.717) is 0 Å². The van der Waals surface area contributed by atoms with Crippen molar-refractivity contribution in [1.29, 1.82) is 0 Å². The number of hydrogen-bond acceptors (Lipinski definition) is 0. The van der Waals surface area contributed by atoms with Crippen LogP contribution in [0.5, 0.6) is 0 Å². The van der Waals surface area contributed by atoms with Gasteiger partial charge in [-0.2, -0.15) is 18.1 Å². The van der Waals surface area contributed by atoms with E-state index in [-0.39, 0.29) is 17.1 Å². The van der Waals surface area contributed by atoms with E-state index < -0.39 is 0 Å². The molecule has 0 fully saturated rings. The molecule has 0 atom stereocenters. The van der Waals surface area contributed by atoms with Gasteiger partial charge in [0.25, 0.3) is 0 Å². The van der Waals surface area contributed by atoms with Crippen LogP contribution in [0.1, 0.15) is 5.56 Å². The molecule has 0 heterocycles. The second kappa shape index (κ2) is 8.92. The summed E-state index contributed by atoms with van der Waals surface area (Å²) in [4.78, 5) is 0. The van der Waals surface area contributed by atoms with Crippen molar-refractivity contribution in [2.45, 2.75) is 0 Å². The van der Waals surface area contributed by atoms with Crippen molar-refractivity contribution in [3.8, 4) is 24.2 Å². The zero-order valence-electron chi connectivity index (χ0n) is 8.13. The molecule has 0 radical (unpaired) electrons. The summed E-state index contributed by atoms with van der Waals surface area (Å²) in [7, 11) is 0. The van der Waals surface area contributed by atoms with Crippen LogP contribution in [0.4, 0.5) is 0 Å². The zero-order chi connectivity index (χ0) is 10.1. The van der Waals surface area contributed by atoms with Crippen molar-refractivity contribution in [3.63, 3.8) is 0 Å². The fourth-order valence-corrected chi connectivity index (χ4v) is 0.886. The minimum absolute atomic E-state index is 0. The Labute approximate surface area is 102 Å². The molecule has 0 saturated heterocycles. The number of hydrogen-bond donors (Lipinski definition) is 0. The minimum Gasteiger partial charge on any atom is -0.748 e. The van der Waals surface area contributed by atoms with Gasteiger partial charge in [-0.1, -0.05) is 11.5 Å². The largest absolute Gasteiger partial charge is 0.748 e. The molecule has 0 nitrogen and oxygen atoms in total. The minimum atomic E-state index is 0. The van der Waals surface area contributed by atoms with Gasteiger partial charge in [-0.15, -0.1) is 24.5 Å². The maximum atomic E-state index is 4.92. The Hall–Kier alpha value is -1.66. The van der Waals surface area contributed by atoms with Gasteiger partial charge in [0.05, 0.1) is 0 Å². The Morgan fingerprint density at radius 2 is 1.40 bits per heavy atom. The third kappa shape index (κ3) is 6.42. The van der Waals surface area contributed by atoms with E-state index in [0.717, 1.165) is 5.56 Å². The van der Waals surface area contributed by atoms with Crippen molar-refractivity contribution in [1.82, 2.24) is 0 Å². The van der Waals surface area contributed by atoms with Crippen LogP contribution >= 0.6 is 0 Å². The molecule has 0 N–H and O–H groups in total. The molecule has 0 spiro atoms. The molecule has 2 aromatic carbocycles. The maximum Gasteiger partial charge on any atom is 0 e. The average Bonchev–Trinajstić information content (AvgIpc) is 2.90. The molecule has 2 aromatic rings. The molecule has 0 aliphatic rings.